The van der Waals surface area contributed by atoms with Crippen LogP contribution in [0, 0.1) is 5.92 Å². The molecular weight excluding hydrogens is 245 g/mol. The lowest BCUT2D eigenvalue weighted by Crippen LogP contribution is -2.27. The van der Waals surface area contributed by atoms with E-state index in [1.54, 1.807) is 6.07 Å². The molecule has 0 spiro atoms. The van der Waals surface area contributed by atoms with Crippen molar-refractivity contribution in [2.24, 2.45) is 11.7 Å². The van der Waals surface area contributed by atoms with E-state index in [2.05, 4.69) is 0 Å². The van der Waals surface area contributed by atoms with Gasteiger partial charge in [-0.15, -0.1) is 0 Å². The molecule has 1 saturated heterocycles. The van der Waals surface area contributed by atoms with Crippen LogP contribution in [0.5, 0.6) is 0 Å². The normalized spacial score (nSPS) is 19.7. The number of rotatable bonds is 2. The summed E-state index contributed by atoms with van der Waals surface area (Å²) in [5.74, 6) is 0.478. The molecule has 0 bridgehead atoms. The summed E-state index contributed by atoms with van der Waals surface area (Å²) in [5, 5.41) is 1.14. The van der Waals surface area contributed by atoms with Crippen LogP contribution in [0.25, 0.3) is 0 Å². The molecule has 0 aromatic heterocycles. The summed E-state index contributed by atoms with van der Waals surface area (Å²) >= 11 is 11.9. The van der Waals surface area contributed by atoms with Gasteiger partial charge in [-0.1, -0.05) is 29.3 Å². The van der Waals surface area contributed by atoms with Gasteiger partial charge in [-0.25, -0.2) is 0 Å². The molecule has 2 rings (SSSR count). The van der Waals surface area contributed by atoms with E-state index in [0.717, 1.165) is 31.6 Å². The Hall–Kier alpha value is -0.280. The summed E-state index contributed by atoms with van der Waals surface area (Å²) in [6, 6.07) is 5.65. The maximum Gasteiger partial charge on any atom is 0.0595 e. The molecule has 0 radical (unpaired) electrons. The number of hydrogen-bond acceptors (Lipinski definition) is 2. The van der Waals surface area contributed by atoms with Gasteiger partial charge in [0.15, 0.2) is 0 Å². The van der Waals surface area contributed by atoms with Gasteiger partial charge < -0.3 is 10.5 Å². The monoisotopic (exact) mass is 259 g/mol. The largest absolute Gasteiger partial charge is 0.381 e. The second-order valence-electron chi connectivity index (χ2n) is 4.15. The molecule has 16 heavy (non-hydrogen) atoms. The molecule has 0 amide bonds. The Morgan fingerprint density at radius 1 is 1.19 bits per heavy atom. The molecule has 2 N–H and O–H groups in total. The Morgan fingerprint density at radius 2 is 1.88 bits per heavy atom. The van der Waals surface area contributed by atoms with E-state index in [9.17, 15) is 0 Å². The van der Waals surface area contributed by atoms with Crippen LogP contribution in [0.15, 0.2) is 18.2 Å². The summed E-state index contributed by atoms with van der Waals surface area (Å²) in [5.41, 5.74) is 7.29. The molecule has 0 unspecified atom stereocenters. The van der Waals surface area contributed by atoms with Crippen molar-refractivity contribution in [3.05, 3.63) is 33.8 Å². The average Bonchev–Trinajstić information content (AvgIpc) is 2.33. The van der Waals surface area contributed by atoms with Crippen LogP contribution in [-0.4, -0.2) is 13.2 Å². The van der Waals surface area contributed by atoms with Crippen molar-refractivity contribution in [1.29, 1.82) is 0 Å². The van der Waals surface area contributed by atoms with Crippen LogP contribution in [0.2, 0.25) is 10.0 Å². The van der Waals surface area contributed by atoms with Crippen LogP contribution < -0.4 is 5.73 Å². The minimum Gasteiger partial charge on any atom is -0.381 e. The highest BCUT2D eigenvalue weighted by Crippen LogP contribution is 2.31. The van der Waals surface area contributed by atoms with E-state index in [1.165, 1.54) is 0 Å². The highest BCUT2D eigenvalue weighted by Gasteiger charge is 2.22. The third-order valence-corrected chi connectivity index (χ3v) is 3.84. The molecule has 1 heterocycles. The predicted molar refractivity (Wildman–Crippen MR) is 66.9 cm³/mol. The summed E-state index contributed by atoms with van der Waals surface area (Å²) in [7, 11) is 0. The number of halogens is 2. The Morgan fingerprint density at radius 3 is 2.50 bits per heavy atom. The molecule has 1 aromatic carbocycles. The lowest BCUT2D eigenvalue weighted by Gasteiger charge is -2.28. The zero-order valence-electron chi connectivity index (χ0n) is 8.96. The van der Waals surface area contributed by atoms with E-state index in [4.69, 9.17) is 33.7 Å². The first-order chi connectivity index (χ1) is 7.68. The maximum absolute atomic E-state index is 6.23. The maximum atomic E-state index is 6.23. The third-order valence-electron chi connectivity index (χ3n) is 3.10. The van der Waals surface area contributed by atoms with E-state index in [1.807, 2.05) is 12.1 Å². The molecule has 0 aliphatic carbocycles. The van der Waals surface area contributed by atoms with Gasteiger partial charge in [0, 0.05) is 19.3 Å². The lowest BCUT2D eigenvalue weighted by molar-refractivity contribution is 0.0584. The molecule has 1 aliphatic heterocycles. The highest BCUT2D eigenvalue weighted by molar-refractivity contribution is 6.42. The Kier molecular flexibility index (Phi) is 4.09. The van der Waals surface area contributed by atoms with Crippen molar-refractivity contribution in [2.45, 2.75) is 18.9 Å². The second-order valence-corrected chi connectivity index (χ2v) is 4.96. The third kappa shape index (κ3) is 2.69. The van der Waals surface area contributed by atoms with Gasteiger partial charge in [0.25, 0.3) is 0 Å². The first kappa shape index (κ1) is 12.2. The first-order valence-corrected chi connectivity index (χ1v) is 6.22. The SMILES string of the molecule is N[C@@H](c1ccc(Cl)c(Cl)c1)C1CCOCC1. The van der Waals surface area contributed by atoms with Gasteiger partial charge in [0.2, 0.25) is 0 Å². The zero-order chi connectivity index (χ0) is 11.5. The van der Waals surface area contributed by atoms with Gasteiger partial charge in [-0.05, 0) is 36.5 Å². The molecule has 0 saturated carbocycles. The molecule has 2 nitrogen and oxygen atoms in total. The van der Waals surface area contributed by atoms with E-state index >= 15 is 0 Å². The molecule has 1 aromatic rings. The van der Waals surface area contributed by atoms with Crippen molar-refractivity contribution >= 4 is 23.2 Å². The zero-order valence-corrected chi connectivity index (χ0v) is 10.5. The quantitative estimate of drug-likeness (QED) is 0.884. The summed E-state index contributed by atoms with van der Waals surface area (Å²) in [4.78, 5) is 0. The van der Waals surface area contributed by atoms with Crippen molar-refractivity contribution in [3.8, 4) is 0 Å². The van der Waals surface area contributed by atoms with Crippen molar-refractivity contribution in [2.75, 3.05) is 13.2 Å². The minimum atomic E-state index is 0.0265. The van der Waals surface area contributed by atoms with E-state index in [-0.39, 0.29) is 6.04 Å². The Labute approximate surface area is 106 Å². The second kappa shape index (κ2) is 5.37. The smallest absolute Gasteiger partial charge is 0.0595 e. The van der Waals surface area contributed by atoms with Crippen LogP contribution >= 0.6 is 23.2 Å². The number of benzene rings is 1. The Balaban J connectivity index is 2.12. The molecule has 4 heteroatoms. The highest BCUT2D eigenvalue weighted by atomic mass is 35.5. The van der Waals surface area contributed by atoms with Crippen LogP contribution in [-0.2, 0) is 4.74 Å². The van der Waals surface area contributed by atoms with Gasteiger partial charge in [-0.2, -0.15) is 0 Å². The number of nitrogens with two attached hydrogens (primary N) is 1. The van der Waals surface area contributed by atoms with Gasteiger partial charge in [0.1, 0.15) is 0 Å². The van der Waals surface area contributed by atoms with Crippen LogP contribution in [0.3, 0.4) is 0 Å². The van der Waals surface area contributed by atoms with Crippen molar-refractivity contribution in [3.63, 3.8) is 0 Å². The fraction of sp³-hybridized carbons (Fsp3) is 0.500. The van der Waals surface area contributed by atoms with Crippen LogP contribution in [0.1, 0.15) is 24.4 Å². The topological polar surface area (TPSA) is 35.2 Å². The molecular formula is C12H15Cl2NO. The van der Waals surface area contributed by atoms with E-state index < -0.39 is 0 Å². The van der Waals surface area contributed by atoms with Gasteiger partial charge >= 0.3 is 0 Å². The molecule has 1 atom stereocenters. The van der Waals surface area contributed by atoms with Gasteiger partial charge in [-0.3, -0.25) is 0 Å². The fourth-order valence-electron chi connectivity index (χ4n) is 2.07. The molecule has 1 aliphatic rings. The molecule has 1 fully saturated rings. The van der Waals surface area contributed by atoms with Gasteiger partial charge in [0.05, 0.1) is 10.0 Å². The summed E-state index contributed by atoms with van der Waals surface area (Å²) in [6.07, 6.45) is 2.03. The summed E-state index contributed by atoms with van der Waals surface area (Å²) < 4.78 is 5.33. The molecule has 88 valence electrons. The average molecular weight is 260 g/mol. The van der Waals surface area contributed by atoms with Crippen molar-refractivity contribution in [1.82, 2.24) is 0 Å². The summed E-state index contributed by atoms with van der Waals surface area (Å²) in [6.45, 7) is 1.61. The van der Waals surface area contributed by atoms with E-state index in [0.29, 0.717) is 16.0 Å². The van der Waals surface area contributed by atoms with Crippen molar-refractivity contribution < 1.29 is 4.74 Å². The number of hydrogen-bond donors (Lipinski definition) is 1. The first-order valence-electron chi connectivity index (χ1n) is 5.47. The lowest BCUT2D eigenvalue weighted by atomic mass is 9.88. The number of ether oxygens (including phenoxy) is 1. The fourth-order valence-corrected chi connectivity index (χ4v) is 2.37. The van der Waals surface area contributed by atoms with Crippen LogP contribution in [0.4, 0.5) is 0 Å². The minimum absolute atomic E-state index is 0.0265. The Bertz CT molecular complexity index is 364. The standard InChI is InChI=1S/C12H15Cl2NO/c13-10-2-1-9(7-11(10)14)12(15)8-3-5-16-6-4-8/h1-2,7-8,12H,3-6,15H2/t12-/m1/s1. The predicted octanol–water partition coefficient (Wildman–Crippen LogP) is 3.42.